The van der Waals surface area contributed by atoms with Crippen molar-refractivity contribution in [2.45, 2.75) is 33.2 Å². The maximum absolute atomic E-state index is 4.09. The van der Waals surface area contributed by atoms with E-state index in [4.69, 9.17) is 0 Å². The molecule has 0 bridgehead atoms. The van der Waals surface area contributed by atoms with Crippen LogP contribution in [0.2, 0.25) is 0 Å². The quantitative estimate of drug-likeness (QED) is 0.645. The van der Waals surface area contributed by atoms with Crippen LogP contribution >= 0.6 is 0 Å². The average Bonchev–Trinajstić information content (AvgIpc) is 2.83. The molecule has 1 aliphatic rings. The van der Waals surface area contributed by atoms with Crippen molar-refractivity contribution < 1.29 is 0 Å². The van der Waals surface area contributed by atoms with Gasteiger partial charge in [0, 0.05) is 37.9 Å². The summed E-state index contributed by atoms with van der Waals surface area (Å²) in [6, 6.07) is 0.629. The van der Waals surface area contributed by atoms with Gasteiger partial charge in [-0.05, 0) is 32.8 Å². The van der Waals surface area contributed by atoms with Gasteiger partial charge in [-0.3, -0.25) is 4.90 Å². The minimum atomic E-state index is 0.629. The zero-order chi connectivity index (χ0) is 14.3. The van der Waals surface area contributed by atoms with Crippen molar-refractivity contribution in [1.82, 2.24) is 9.80 Å². The van der Waals surface area contributed by atoms with E-state index >= 15 is 0 Å². The van der Waals surface area contributed by atoms with Crippen molar-refractivity contribution >= 4 is 0 Å². The maximum atomic E-state index is 4.09. The molecule has 0 aliphatic carbocycles. The smallest absolute Gasteiger partial charge is 0.0425 e. The highest BCUT2D eigenvalue weighted by atomic mass is 15.3. The van der Waals surface area contributed by atoms with Crippen LogP contribution in [0.3, 0.4) is 0 Å². The molecule has 2 nitrogen and oxygen atoms in total. The lowest BCUT2D eigenvalue weighted by atomic mass is 10.2. The van der Waals surface area contributed by atoms with Gasteiger partial charge in [-0.15, -0.1) is 0 Å². The molecular weight excluding hydrogens is 232 g/mol. The Bertz CT molecular complexity index is 365. The lowest BCUT2D eigenvalue weighted by Crippen LogP contribution is -2.36. The third-order valence-electron chi connectivity index (χ3n) is 3.74. The Kier molecular flexibility index (Phi) is 6.65. The summed E-state index contributed by atoms with van der Waals surface area (Å²) < 4.78 is 0. The predicted octanol–water partition coefficient (Wildman–Crippen LogP) is 3.60. The SMILES string of the molecule is C=C/C=C\C(=C/C)CN1CCC(N(CC)C(=C)C)C1. The van der Waals surface area contributed by atoms with E-state index in [9.17, 15) is 0 Å². The van der Waals surface area contributed by atoms with E-state index in [-0.39, 0.29) is 0 Å². The number of allylic oxidation sites excluding steroid dienone is 4. The molecule has 1 aliphatic heterocycles. The van der Waals surface area contributed by atoms with Gasteiger partial charge in [0.15, 0.2) is 0 Å². The summed E-state index contributed by atoms with van der Waals surface area (Å²) in [5, 5.41) is 0. The maximum Gasteiger partial charge on any atom is 0.0425 e. The first kappa shape index (κ1) is 15.8. The first-order valence-corrected chi connectivity index (χ1v) is 7.21. The van der Waals surface area contributed by atoms with Crippen LogP contribution in [0.5, 0.6) is 0 Å². The number of hydrogen-bond donors (Lipinski definition) is 0. The molecule has 0 aromatic heterocycles. The second-order valence-electron chi connectivity index (χ2n) is 5.16. The van der Waals surface area contributed by atoms with Crippen LogP contribution in [0.25, 0.3) is 0 Å². The highest BCUT2D eigenvalue weighted by Gasteiger charge is 2.26. The van der Waals surface area contributed by atoms with Crippen LogP contribution < -0.4 is 0 Å². The fourth-order valence-electron chi connectivity index (χ4n) is 2.74. The topological polar surface area (TPSA) is 6.48 Å². The van der Waals surface area contributed by atoms with Crippen molar-refractivity contribution in [2.75, 3.05) is 26.2 Å². The molecule has 2 heteroatoms. The molecule has 0 aromatic rings. The van der Waals surface area contributed by atoms with Crippen LogP contribution in [0.15, 0.2) is 48.7 Å². The van der Waals surface area contributed by atoms with Crippen LogP contribution in [0.4, 0.5) is 0 Å². The Balaban J connectivity index is 2.54. The highest BCUT2D eigenvalue weighted by Crippen LogP contribution is 2.19. The number of likely N-dealkylation sites (tertiary alicyclic amines) is 1. The van der Waals surface area contributed by atoms with Crippen LogP contribution in [-0.2, 0) is 0 Å². The van der Waals surface area contributed by atoms with E-state index in [1.165, 1.54) is 24.2 Å². The van der Waals surface area contributed by atoms with Gasteiger partial charge in [-0.25, -0.2) is 0 Å². The molecule has 0 saturated carbocycles. The van der Waals surface area contributed by atoms with Crippen molar-refractivity contribution in [3.63, 3.8) is 0 Å². The monoisotopic (exact) mass is 260 g/mol. The molecule has 1 unspecified atom stereocenters. The predicted molar refractivity (Wildman–Crippen MR) is 85.1 cm³/mol. The lowest BCUT2D eigenvalue weighted by molar-refractivity contribution is 0.256. The standard InChI is InChI=1S/C17H28N2/c1-6-9-10-16(7-2)13-18-12-11-17(14-18)19(8-3)15(4)5/h6-7,9-10,17H,1,4,8,11-14H2,2-3,5H3/b10-9-,16-7+. The molecule has 1 saturated heterocycles. The largest absolute Gasteiger partial charge is 0.371 e. The zero-order valence-electron chi connectivity index (χ0n) is 12.7. The summed E-state index contributed by atoms with van der Waals surface area (Å²) >= 11 is 0. The number of likely N-dealkylation sites (N-methyl/N-ethyl adjacent to an activating group) is 1. The fourth-order valence-corrected chi connectivity index (χ4v) is 2.74. The first-order chi connectivity index (χ1) is 9.12. The number of nitrogens with zero attached hydrogens (tertiary/aromatic N) is 2. The van der Waals surface area contributed by atoms with E-state index in [2.05, 4.69) is 55.9 Å². The van der Waals surface area contributed by atoms with E-state index in [1.54, 1.807) is 0 Å². The molecule has 0 radical (unpaired) electrons. The second kappa shape index (κ2) is 8.00. The summed E-state index contributed by atoms with van der Waals surface area (Å²) in [6.07, 6.45) is 9.41. The van der Waals surface area contributed by atoms with Gasteiger partial charge < -0.3 is 4.90 Å². The molecule has 0 spiro atoms. The van der Waals surface area contributed by atoms with Crippen molar-refractivity contribution in [3.05, 3.63) is 48.7 Å². The van der Waals surface area contributed by atoms with Gasteiger partial charge in [-0.2, -0.15) is 0 Å². The highest BCUT2D eigenvalue weighted by molar-refractivity contribution is 5.22. The zero-order valence-corrected chi connectivity index (χ0v) is 12.7. The molecule has 0 N–H and O–H groups in total. The van der Waals surface area contributed by atoms with Crippen molar-refractivity contribution in [1.29, 1.82) is 0 Å². The minimum absolute atomic E-state index is 0.629. The first-order valence-electron chi connectivity index (χ1n) is 7.21. The Hall–Kier alpha value is -1.28. The van der Waals surface area contributed by atoms with Crippen molar-refractivity contribution in [2.24, 2.45) is 0 Å². The van der Waals surface area contributed by atoms with Crippen molar-refractivity contribution in [3.8, 4) is 0 Å². The van der Waals surface area contributed by atoms with E-state index in [0.717, 1.165) is 19.6 Å². The summed E-state index contributed by atoms with van der Waals surface area (Å²) in [7, 11) is 0. The lowest BCUT2D eigenvalue weighted by Gasteiger charge is -2.30. The van der Waals surface area contributed by atoms with E-state index in [0.29, 0.717) is 6.04 Å². The molecule has 1 heterocycles. The number of rotatable bonds is 7. The molecule has 1 rings (SSSR count). The normalized spacial score (nSPS) is 21.0. The molecular formula is C17H28N2. The van der Waals surface area contributed by atoms with Crippen LogP contribution in [-0.4, -0.2) is 42.0 Å². The Labute approximate surface area is 118 Å². The average molecular weight is 260 g/mol. The third kappa shape index (κ3) is 4.71. The summed E-state index contributed by atoms with van der Waals surface area (Å²) in [4.78, 5) is 4.95. The summed E-state index contributed by atoms with van der Waals surface area (Å²) in [5.41, 5.74) is 2.55. The molecule has 1 fully saturated rings. The Morgan fingerprint density at radius 2 is 2.21 bits per heavy atom. The molecule has 1 atom stereocenters. The van der Waals surface area contributed by atoms with Gasteiger partial charge in [-0.1, -0.05) is 37.5 Å². The van der Waals surface area contributed by atoms with Gasteiger partial charge >= 0.3 is 0 Å². The number of hydrogen-bond acceptors (Lipinski definition) is 2. The fraction of sp³-hybridized carbons (Fsp3) is 0.529. The van der Waals surface area contributed by atoms with Gasteiger partial charge in [0.2, 0.25) is 0 Å². The van der Waals surface area contributed by atoms with Gasteiger partial charge in [0.1, 0.15) is 0 Å². The Morgan fingerprint density at radius 3 is 2.74 bits per heavy atom. The Morgan fingerprint density at radius 1 is 1.47 bits per heavy atom. The molecule has 106 valence electrons. The van der Waals surface area contributed by atoms with E-state index < -0.39 is 0 Å². The van der Waals surface area contributed by atoms with Crippen LogP contribution in [0.1, 0.15) is 27.2 Å². The van der Waals surface area contributed by atoms with E-state index in [1.807, 2.05) is 12.2 Å². The van der Waals surface area contributed by atoms with Gasteiger partial charge in [0.05, 0.1) is 0 Å². The minimum Gasteiger partial charge on any atom is -0.371 e. The summed E-state index contributed by atoms with van der Waals surface area (Å²) in [5.74, 6) is 0. The molecule has 19 heavy (non-hydrogen) atoms. The van der Waals surface area contributed by atoms with Gasteiger partial charge in [0.25, 0.3) is 0 Å². The third-order valence-corrected chi connectivity index (χ3v) is 3.74. The molecule has 0 aromatic carbocycles. The van der Waals surface area contributed by atoms with Crippen LogP contribution in [0, 0.1) is 0 Å². The second-order valence-corrected chi connectivity index (χ2v) is 5.16. The summed E-state index contributed by atoms with van der Waals surface area (Å²) in [6.45, 7) is 18.6. The molecule has 0 amide bonds.